The zero-order valence-corrected chi connectivity index (χ0v) is 13.0. The minimum atomic E-state index is 0.308. The molecule has 1 aromatic rings. The highest BCUT2D eigenvalue weighted by Gasteiger charge is 2.46. The minimum absolute atomic E-state index is 0.308. The molecule has 5 nitrogen and oxygen atoms in total. The van der Waals surface area contributed by atoms with E-state index in [1.807, 2.05) is 12.3 Å². The van der Waals surface area contributed by atoms with E-state index in [1.54, 1.807) is 6.26 Å². The number of hydrogen-bond donors (Lipinski definition) is 0. The Bertz CT molecular complexity index is 457. The van der Waals surface area contributed by atoms with Crippen molar-refractivity contribution >= 4 is 0 Å². The number of hydrogen-bond acceptors (Lipinski definition) is 5. The first kappa shape index (κ1) is 14.7. The molecule has 0 bridgehead atoms. The lowest BCUT2D eigenvalue weighted by Crippen LogP contribution is -2.32. The lowest BCUT2D eigenvalue weighted by atomic mass is 10.00. The summed E-state index contributed by atoms with van der Waals surface area (Å²) in [5.41, 5.74) is 1.23. The summed E-state index contributed by atoms with van der Waals surface area (Å²) in [5.74, 6) is 1.18. The second-order valence-corrected chi connectivity index (χ2v) is 6.76. The van der Waals surface area contributed by atoms with E-state index < -0.39 is 0 Å². The SMILES string of the molecule is c1cc(CN2C[C@@H](OCC3CCOCC3)[C@@H]3COC[C@@H]32)co1. The van der Waals surface area contributed by atoms with Crippen LogP contribution in [0.1, 0.15) is 18.4 Å². The van der Waals surface area contributed by atoms with E-state index in [4.69, 9.17) is 18.6 Å². The molecule has 3 aliphatic rings. The van der Waals surface area contributed by atoms with Gasteiger partial charge < -0.3 is 18.6 Å². The van der Waals surface area contributed by atoms with Crippen LogP contribution in [0.3, 0.4) is 0 Å². The molecular weight excluding hydrogens is 282 g/mol. The molecule has 3 fully saturated rings. The second-order valence-electron chi connectivity index (χ2n) is 6.76. The number of likely N-dealkylation sites (tertiary alicyclic amines) is 1. The molecule has 5 heteroatoms. The van der Waals surface area contributed by atoms with Crippen LogP contribution < -0.4 is 0 Å². The summed E-state index contributed by atoms with van der Waals surface area (Å²) in [6.07, 6.45) is 6.16. The number of rotatable bonds is 5. The maximum Gasteiger partial charge on any atom is 0.0947 e. The Balaban J connectivity index is 1.34. The van der Waals surface area contributed by atoms with Crippen LogP contribution in [-0.4, -0.2) is 56.6 Å². The summed E-state index contributed by atoms with van der Waals surface area (Å²) < 4.78 is 22.6. The van der Waals surface area contributed by atoms with E-state index in [0.717, 1.165) is 59.0 Å². The van der Waals surface area contributed by atoms with Crippen molar-refractivity contribution in [2.24, 2.45) is 11.8 Å². The normalized spacial score (nSPS) is 33.4. The van der Waals surface area contributed by atoms with Crippen LogP contribution >= 0.6 is 0 Å². The van der Waals surface area contributed by atoms with Crippen molar-refractivity contribution in [3.63, 3.8) is 0 Å². The lowest BCUT2D eigenvalue weighted by molar-refractivity contribution is -0.0259. The smallest absolute Gasteiger partial charge is 0.0947 e. The second kappa shape index (κ2) is 6.71. The van der Waals surface area contributed by atoms with E-state index in [0.29, 0.717) is 24.0 Å². The van der Waals surface area contributed by atoms with Crippen molar-refractivity contribution in [1.29, 1.82) is 0 Å². The van der Waals surface area contributed by atoms with Gasteiger partial charge in [-0.05, 0) is 24.8 Å². The van der Waals surface area contributed by atoms with Gasteiger partial charge in [0.1, 0.15) is 0 Å². The molecular formula is C17H25NO4. The molecule has 22 heavy (non-hydrogen) atoms. The van der Waals surface area contributed by atoms with Crippen molar-refractivity contribution in [2.45, 2.75) is 31.5 Å². The molecule has 0 N–H and O–H groups in total. The van der Waals surface area contributed by atoms with Crippen molar-refractivity contribution < 1.29 is 18.6 Å². The molecule has 0 radical (unpaired) electrons. The Kier molecular flexibility index (Phi) is 4.48. The quantitative estimate of drug-likeness (QED) is 0.831. The largest absolute Gasteiger partial charge is 0.472 e. The first-order valence-corrected chi connectivity index (χ1v) is 8.42. The molecule has 122 valence electrons. The van der Waals surface area contributed by atoms with E-state index in [-0.39, 0.29) is 0 Å². The maximum absolute atomic E-state index is 6.31. The predicted molar refractivity (Wildman–Crippen MR) is 80.5 cm³/mol. The Morgan fingerprint density at radius 3 is 2.91 bits per heavy atom. The van der Waals surface area contributed by atoms with Gasteiger partial charge in [0.25, 0.3) is 0 Å². The zero-order chi connectivity index (χ0) is 14.8. The molecule has 3 aliphatic heterocycles. The summed E-state index contributed by atoms with van der Waals surface area (Å²) in [6, 6.07) is 2.54. The average Bonchev–Trinajstić information content (AvgIpc) is 3.26. The molecule has 0 spiro atoms. The van der Waals surface area contributed by atoms with E-state index in [1.165, 1.54) is 5.56 Å². The molecule has 3 saturated heterocycles. The van der Waals surface area contributed by atoms with Crippen molar-refractivity contribution in [3.8, 4) is 0 Å². The molecule has 1 aromatic heterocycles. The van der Waals surface area contributed by atoms with Gasteiger partial charge in [-0.15, -0.1) is 0 Å². The van der Waals surface area contributed by atoms with Gasteiger partial charge in [0.15, 0.2) is 0 Å². The van der Waals surface area contributed by atoms with Gasteiger partial charge in [-0.1, -0.05) is 0 Å². The molecule has 4 heterocycles. The number of ether oxygens (including phenoxy) is 3. The summed E-state index contributed by atoms with van der Waals surface area (Å²) in [5, 5.41) is 0. The Hall–Kier alpha value is -0.880. The van der Waals surface area contributed by atoms with Crippen LogP contribution in [0.15, 0.2) is 23.0 Å². The predicted octanol–water partition coefficient (Wildman–Crippen LogP) is 1.92. The van der Waals surface area contributed by atoms with Gasteiger partial charge in [-0.2, -0.15) is 0 Å². The van der Waals surface area contributed by atoms with E-state index in [2.05, 4.69) is 4.90 Å². The summed E-state index contributed by atoms with van der Waals surface area (Å²) in [7, 11) is 0. The van der Waals surface area contributed by atoms with Gasteiger partial charge >= 0.3 is 0 Å². The van der Waals surface area contributed by atoms with Gasteiger partial charge in [0.05, 0.1) is 38.5 Å². The van der Waals surface area contributed by atoms with Crippen molar-refractivity contribution in [2.75, 3.05) is 39.6 Å². The van der Waals surface area contributed by atoms with Gasteiger partial charge in [-0.3, -0.25) is 4.90 Å². The first-order valence-electron chi connectivity index (χ1n) is 8.42. The van der Waals surface area contributed by atoms with Crippen LogP contribution in [0.25, 0.3) is 0 Å². The van der Waals surface area contributed by atoms with Crippen LogP contribution in [-0.2, 0) is 20.8 Å². The van der Waals surface area contributed by atoms with Gasteiger partial charge in [0, 0.05) is 43.8 Å². The van der Waals surface area contributed by atoms with Gasteiger partial charge in [-0.25, -0.2) is 0 Å². The van der Waals surface area contributed by atoms with E-state index >= 15 is 0 Å². The van der Waals surface area contributed by atoms with Crippen molar-refractivity contribution in [1.82, 2.24) is 4.90 Å². The molecule has 0 aliphatic carbocycles. The molecule has 0 aromatic carbocycles. The topological polar surface area (TPSA) is 44.1 Å². The Labute approximate surface area is 131 Å². The number of nitrogens with zero attached hydrogens (tertiary/aromatic N) is 1. The molecule has 3 atom stereocenters. The Morgan fingerprint density at radius 2 is 2.09 bits per heavy atom. The monoisotopic (exact) mass is 307 g/mol. The highest BCUT2D eigenvalue weighted by atomic mass is 16.5. The molecule has 0 amide bonds. The fourth-order valence-corrected chi connectivity index (χ4v) is 3.94. The fourth-order valence-electron chi connectivity index (χ4n) is 3.94. The third-order valence-electron chi connectivity index (χ3n) is 5.31. The van der Waals surface area contributed by atoms with Crippen molar-refractivity contribution in [3.05, 3.63) is 24.2 Å². The summed E-state index contributed by atoms with van der Waals surface area (Å²) >= 11 is 0. The standard InChI is InChI=1S/C17H25NO4/c1-4-19-5-2-13(1)10-22-17-8-18(7-14-3-6-20-9-14)16-12-21-11-15(16)17/h3,6,9,13,15-17H,1-2,4-5,7-8,10-12H2/t15-,16+,17-/m1/s1. The van der Waals surface area contributed by atoms with E-state index in [9.17, 15) is 0 Å². The van der Waals surface area contributed by atoms with Crippen LogP contribution in [0.4, 0.5) is 0 Å². The summed E-state index contributed by atoms with van der Waals surface area (Å²) in [6.45, 7) is 6.26. The number of furan rings is 1. The third-order valence-corrected chi connectivity index (χ3v) is 5.31. The molecule has 0 saturated carbocycles. The van der Waals surface area contributed by atoms with Crippen LogP contribution in [0.5, 0.6) is 0 Å². The molecule has 0 unspecified atom stereocenters. The average molecular weight is 307 g/mol. The Morgan fingerprint density at radius 1 is 1.18 bits per heavy atom. The third kappa shape index (κ3) is 3.08. The first-order chi connectivity index (χ1) is 10.9. The zero-order valence-electron chi connectivity index (χ0n) is 13.0. The molecule has 4 rings (SSSR count). The number of fused-ring (bicyclic) bond motifs is 1. The fraction of sp³-hybridized carbons (Fsp3) is 0.765. The maximum atomic E-state index is 6.31. The van der Waals surface area contributed by atoms with Crippen LogP contribution in [0.2, 0.25) is 0 Å². The van der Waals surface area contributed by atoms with Crippen LogP contribution in [0, 0.1) is 11.8 Å². The highest BCUT2D eigenvalue weighted by Crippen LogP contribution is 2.33. The lowest BCUT2D eigenvalue weighted by Gasteiger charge is -2.25. The highest BCUT2D eigenvalue weighted by molar-refractivity contribution is 5.08. The summed E-state index contributed by atoms with van der Waals surface area (Å²) in [4.78, 5) is 2.50. The van der Waals surface area contributed by atoms with Gasteiger partial charge in [0.2, 0.25) is 0 Å². The minimum Gasteiger partial charge on any atom is -0.472 e.